The maximum atomic E-state index is 11.6. The summed E-state index contributed by atoms with van der Waals surface area (Å²) in [5, 5.41) is 29.3. The molecule has 0 amide bonds. The fourth-order valence-electron chi connectivity index (χ4n) is 2.65. The van der Waals surface area contributed by atoms with E-state index in [1.54, 1.807) is 6.08 Å². The zero-order valence-corrected chi connectivity index (χ0v) is 17.2. The number of aliphatic carboxylic acids is 1. The molecule has 2 N–H and O–H groups in total. The number of carboxylic acids is 1. The fraction of sp³-hybridized carbons (Fsp3) is 0.652. The Balaban J connectivity index is 3.62. The average Bonchev–Trinajstić information content (AvgIpc) is 2.64. The standard InChI is InChI=1S/C23H38O5/c1-2-3-4-5-6-7-8-9-10-11-12-13-14-15-16-17-20(24)18-21(25)22(26)19-23(27)28/h6-7,9-10,16-17,21-22,25-26H,2-5,8,11-15,18-19H2,1H3,(H,27,28)/p-1/b7-6-,10-9-,17-16-. The number of hydrogen-bond donors (Lipinski definition) is 2. The first kappa shape index (κ1) is 26.3. The molecule has 0 saturated carbocycles. The van der Waals surface area contributed by atoms with Crippen LogP contribution in [0.1, 0.15) is 84.0 Å². The van der Waals surface area contributed by atoms with Gasteiger partial charge in [-0.2, -0.15) is 0 Å². The summed E-state index contributed by atoms with van der Waals surface area (Å²) < 4.78 is 0. The van der Waals surface area contributed by atoms with Gasteiger partial charge in [-0.3, -0.25) is 4.79 Å². The van der Waals surface area contributed by atoms with Gasteiger partial charge in [-0.15, -0.1) is 0 Å². The van der Waals surface area contributed by atoms with Crippen molar-refractivity contribution in [2.24, 2.45) is 0 Å². The average molecular weight is 394 g/mol. The van der Waals surface area contributed by atoms with E-state index in [0.29, 0.717) is 0 Å². The van der Waals surface area contributed by atoms with Crippen LogP contribution < -0.4 is 5.11 Å². The molecule has 0 rings (SSSR count). The van der Waals surface area contributed by atoms with Crippen molar-refractivity contribution in [3.63, 3.8) is 0 Å². The Labute approximate surface area is 169 Å². The molecule has 0 spiro atoms. The van der Waals surface area contributed by atoms with E-state index in [-0.39, 0.29) is 12.2 Å². The van der Waals surface area contributed by atoms with Gasteiger partial charge >= 0.3 is 0 Å². The predicted molar refractivity (Wildman–Crippen MR) is 111 cm³/mol. The molecule has 2 unspecified atom stereocenters. The minimum Gasteiger partial charge on any atom is -0.550 e. The van der Waals surface area contributed by atoms with E-state index < -0.39 is 24.6 Å². The van der Waals surface area contributed by atoms with Crippen molar-refractivity contribution < 1.29 is 24.9 Å². The number of aliphatic hydroxyl groups excluding tert-OH is 2. The molecule has 2 atom stereocenters. The summed E-state index contributed by atoms with van der Waals surface area (Å²) in [5.74, 6) is -1.78. The van der Waals surface area contributed by atoms with Crippen LogP contribution in [0.15, 0.2) is 36.5 Å². The van der Waals surface area contributed by atoms with Crippen LogP contribution in [-0.4, -0.2) is 34.2 Å². The van der Waals surface area contributed by atoms with Crippen LogP contribution in [0, 0.1) is 0 Å². The molecular weight excluding hydrogens is 356 g/mol. The van der Waals surface area contributed by atoms with Gasteiger partial charge in [-0.1, -0.05) is 56.6 Å². The van der Waals surface area contributed by atoms with Gasteiger partial charge < -0.3 is 20.1 Å². The van der Waals surface area contributed by atoms with Gasteiger partial charge in [-0.05, 0) is 51.0 Å². The number of ketones is 1. The molecule has 5 heteroatoms. The SMILES string of the molecule is CCCCC/C=C\C/C=C\CCCCC/C=C\C(=O)CC(O)C(O)CC(=O)[O-]. The number of carboxylic acid groups (broad SMARTS) is 1. The van der Waals surface area contributed by atoms with E-state index in [0.717, 1.165) is 38.5 Å². The first-order chi connectivity index (χ1) is 13.5. The summed E-state index contributed by atoms with van der Waals surface area (Å²) in [6, 6.07) is 0. The Morgan fingerprint density at radius 1 is 0.786 bits per heavy atom. The van der Waals surface area contributed by atoms with Crippen molar-refractivity contribution in [2.75, 3.05) is 0 Å². The van der Waals surface area contributed by atoms with Crippen LogP contribution in [-0.2, 0) is 9.59 Å². The van der Waals surface area contributed by atoms with Gasteiger partial charge in [-0.25, -0.2) is 0 Å². The van der Waals surface area contributed by atoms with Crippen molar-refractivity contribution >= 4 is 11.8 Å². The largest absolute Gasteiger partial charge is 0.550 e. The quantitative estimate of drug-likeness (QED) is 0.211. The smallest absolute Gasteiger partial charge is 0.158 e. The number of unbranched alkanes of at least 4 members (excludes halogenated alkanes) is 7. The normalized spacial score (nSPS) is 14.2. The topological polar surface area (TPSA) is 97.7 Å². The third-order valence-corrected chi connectivity index (χ3v) is 4.36. The summed E-state index contributed by atoms with van der Waals surface area (Å²) in [6.45, 7) is 2.21. The zero-order valence-electron chi connectivity index (χ0n) is 17.2. The minimum absolute atomic E-state index is 0.289. The van der Waals surface area contributed by atoms with Gasteiger partial charge in [0.2, 0.25) is 0 Å². The van der Waals surface area contributed by atoms with E-state index in [2.05, 4.69) is 31.2 Å². The highest BCUT2D eigenvalue weighted by atomic mass is 16.4. The van der Waals surface area contributed by atoms with Crippen LogP contribution >= 0.6 is 0 Å². The lowest BCUT2D eigenvalue weighted by Gasteiger charge is -2.16. The highest BCUT2D eigenvalue weighted by molar-refractivity contribution is 5.90. The number of carbonyl (C=O) groups is 2. The third kappa shape index (κ3) is 17.7. The summed E-state index contributed by atoms with van der Waals surface area (Å²) >= 11 is 0. The summed E-state index contributed by atoms with van der Waals surface area (Å²) in [4.78, 5) is 22.0. The van der Waals surface area contributed by atoms with Gasteiger partial charge in [0.05, 0.1) is 12.2 Å². The molecule has 0 aliphatic rings. The molecule has 5 nitrogen and oxygen atoms in total. The molecule has 0 aromatic heterocycles. The van der Waals surface area contributed by atoms with Gasteiger partial charge in [0.25, 0.3) is 0 Å². The number of aliphatic hydroxyl groups is 2. The highest BCUT2D eigenvalue weighted by Gasteiger charge is 2.18. The number of carbonyl (C=O) groups excluding carboxylic acids is 2. The Morgan fingerprint density at radius 3 is 1.89 bits per heavy atom. The zero-order chi connectivity index (χ0) is 21.0. The van der Waals surface area contributed by atoms with Crippen LogP contribution in [0.25, 0.3) is 0 Å². The second-order valence-corrected chi connectivity index (χ2v) is 7.10. The summed E-state index contributed by atoms with van der Waals surface area (Å²) in [6.07, 6.45) is 19.3. The van der Waals surface area contributed by atoms with E-state index in [4.69, 9.17) is 0 Å². The van der Waals surface area contributed by atoms with E-state index >= 15 is 0 Å². The molecule has 0 fully saturated rings. The van der Waals surface area contributed by atoms with E-state index in [1.165, 1.54) is 31.8 Å². The van der Waals surface area contributed by atoms with Crippen LogP contribution in [0.4, 0.5) is 0 Å². The minimum atomic E-state index is -1.48. The highest BCUT2D eigenvalue weighted by Crippen LogP contribution is 2.07. The molecule has 28 heavy (non-hydrogen) atoms. The maximum absolute atomic E-state index is 11.6. The van der Waals surface area contributed by atoms with Crippen LogP contribution in [0.5, 0.6) is 0 Å². The number of allylic oxidation sites excluding steroid dienone is 6. The molecule has 160 valence electrons. The fourth-order valence-corrected chi connectivity index (χ4v) is 2.65. The molecule has 0 aromatic carbocycles. The predicted octanol–water partition coefficient (Wildman–Crippen LogP) is 3.40. The first-order valence-corrected chi connectivity index (χ1v) is 10.5. The maximum Gasteiger partial charge on any atom is 0.158 e. The Bertz CT molecular complexity index is 493. The lowest BCUT2D eigenvalue weighted by Crippen LogP contribution is -2.35. The van der Waals surface area contributed by atoms with E-state index in [1.807, 2.05) is 0 Å². The van der Waals surface area contributed by atoms with Crippen molar-refractivity contribution in [3.8, 4) is 0 Å². The van der Waals surface area contributed by atoms with E-state index in [9.17, 15) is 24.9 Å². The van der Waals surface area contributed by atoms with Gasteiger partial charge in [0, 0.05) is 18.8 Å². The molecular formula is C23H37O5-. The molecule has 0 heterocycles. The Kier molecular flexibility index (Phi) is 17.5. The van der Waals surface area contributed by atoms with Crippen molar-refractivity contribution in [2.45, 2.75) is 96.2 Å². The van der Waals surface area contributed by atoms with Gasteiger partial charge in [0.1, 0.15) is 0 Å². The monoisotopic (exact) mass is 393 g/mol. The number of hydrogen-bond acceptors (Lipinski definition) is 5. The molecule has 0 bridgehead atoms. The lowest BCUT2D eigenvalue weighted by atomic mass is 10.0. The lowest BCUT2D eigenvalue weighted by molar-refractivity contribution is -0.308. The van der Waals surface area contributed by atoms with Gasteiger partial charge in [0.15, 0.2) is 5.78 Å². The molecule has 0 radical (unpaired) electrons. The molecule has 0 aromatic rings. The Hall–Kier alpha value is -1.72. The second kappa shape index (κ2) is 18.6. The van der Waals surface area contributed by atoms with Crippen LogP contribution in [0.2, 0.25) is 0 Å². The van der Waals surface area contributed by atoms with Crippen molar-refractivity contribution in [1.29, 1.82) is 0 Å². The molecule has 0 aliphatic heterocycles. The molecule has 0 saturated heterocycles. The first-order valence-electron chi connectivity index (χ1n) is 10.5. The Morgan fingerprint density at radius 2 is 1.32 bits per heavy atom. The number of rotatable bonds is 18. The van der Waals surface area contributed by atoms with Crippen LogP contribution in [0.3, 0.4) is 0 Å². The summed E-state index contributed by atoms with van der Waals surface area (Å²) in [5.41, 5.74) is 0. The third-order valence-electron chi connectivity index (χ3n) is 4.36. The molecule has 0 aliphatic carbocycles. The second-order valence-electron chi connectivity index (χ2n) is 7.10. The van der Waals surface area contributed by atoms with Crippen molar-refractivity contribution in [1.82, 2.24) is 0 Å². The van der Waals surface area contributed by atoms with Crippen molar-refractivity contribution in [3.05, 3.63) is 36.5 Å². The summed E-state index contributed by atoms with van der Waals surface area (Å²) in [7, 11) is 0.